The number of nitrogens with zero attached hydrogens (tertiary/aromatic N) is 2. The monoisotopic (exact) mass is 173 g/mol. The van der Waals surface area contributed by atoms with Crippen LogP contribution >= 0.6 is 0 Å². The van der Waals surface area contributed by atoms with Crippen molar-refractivity contribution in [2.75, 3.05) is 46.4 Å². The minimum Gasteiger partial charge on any atom is -0.305 e. The number of rotatable bonds is 4. The molecule has 0 bridgehead atoms. The van der Waals surface area contributed by atoms with Gasteiger partial charge >= 0.3 is 0 Å². The van der Waals surface area contributed by atoms with Gasteiger partial charge < -0.3 is 14.6 Å². The van der Waals surface area contributed by atoms with Crippen LogP contribution in [0.5, 0.6) is 0 Å². The van der Waals surface area contributed by atoms with Crippen molar-refractivity contribution in [3.05, 3.63) is 0 Å². The first kappa shape index (κ1) is 9.92. The summed E-state index contributed by atoms with van der Waals surface area (Å²) in [7, 11) is 2.17. The van der Waals surface area contributed by atoms with E-state index >= 15 is 0 Å². The lowest BCUT2D eigenvalue weighted by molar-refractivity contribution is 0.107. The predicted molar refractivity (Wildman–Crippen MR) is 48.7 cm³/mol. The Kier molecular flexibility index (Phi) is 4.53. The molecule has 72 valence electrons. The molecule has 0 amide bonds. The third-order valence-corrected chi connectivity index (χ3v) is 2.33. The Hall–Kier alpha value is -0.160. The highest BCUT2D eigenvalue weighted by Crippen LogP contribution is 1.99. The molecule has 1 aliphatic rings. The number of likely N-dealkylation sites (N-methyl/N-ethyl adjacent to an activating group) is 1. The van der Waals surface area contributed by atoms with Gasteiger partial charge in [0.15, 0.2) is 0 Å². The van der Waals surface area contributed by atoms with Crippen LogP contribution in [0.4, 0.5) is 0 Å². The highest BCUT2D eigenvalue weighted by atomic mass is 16.6. The molecule has 1 heterocycles. The van der Waals surface area contributed by atoms with Crippen LogP contribution in [-0.4, -0.2) is 56.2 Å². The van der Waals surface area contributed by atoms with Crippen molar-refractivity contribution in [2.45, 2.75) is 6.42 Å². The molecule has 0 aliphatic carbocycles. The first-order valence-corrected chi connectivity index (χ1v) is 4.55. The molecule has 1 rings (SSSR count). The summed E-state index contributed by atoms with van der Waals surface area (Å²) >= 11 is 0. The van der Waals surface area contributed by atoms with E-state index in [-0.39, 0.29) is 0 Å². The van der Waals surface area contributed by atoms with E-state index in [0.29, 0.717) is 6.61 Å². The lowest BCUT2D eigenvalue weighted by atomic mass is 10.3. The standard InChI is InChI=1S/C8H19N3O/c1-10-4-6-11(7-5-10)3-2-8-12-9/h2-9H2,1H3. The molecule has 4 heteroatoms. The minimum atomic E-state index is 0.673. The number of nitrogens with two attached hydrogens (primary N) is 1. The van der Waals surface area contributed by atoms with E-state index in [1.165, 1.54) is 26.2 Å². The average Bonchev–Trinajstić information content (AvgIpc) is 2.09. The van der Waals surface area contributed by atoms with E-state index in [4.69, 9.17) is 5.90 Å². The molecule has 0 atom stereocenters. The van der Waals surface area contributed by atoms with Gasteiger partial charge in [-0.1, -0.05) is 0 Å². The number of hydrogen-bond donors (Lipinski definition) is 1. The summed E-state index contributed by atoms with van der Waals surface area (Å²) in [5.41, 5.74) is 0. The highest BCUT2D eigenvalue weighted by molar-refractivity contribution is 4.68. The van der Waals surface area contributed by atoms with Crippen LogP contribution in [0.15, 0.2) is 0 Å². The van der Waals surface area contributed by atoms with Crippen LogP contribution in [0, 0.1) is 0 Å². The summed E-state index contributed by atoms with van der Waals surface area (Å²) in [4.78, 5) is 9.33. The summed E-state index contributed by atoms with van der Waals surface area (Å²) in [5.74, 6) is 4.94. The Balaban J connectivity index is 2.01. The molecule has 0 spiro atoms. The van der Waals surface area contributed by atoms with Crippen molar-refractivity contribution in [2.24, 2.45) is 5.90 Å². The molecule has 1 fully saturated rings. The van der Waals surface area contributed by atoms with Crippen molar-refractivity contribution >= 4 is 0 Å². The van der Waals surface area contributed by atoms with Crippen molar-refractivity contribution in [1.82, 2.24) is 9.80 Å². The lowest BCUT2D eigenvalue weighted by Crippen LogP contribution is -2.44. The molecule has 0 aromatic carbocycles. The fourth-order valence-electron chi connectivity index (χ4n) is 1.44. The van der Waals surface area contributed by atoms with E-state index < -0.39 is 0 Å². The topological polar surface area (TPSA) is 41.7 Å². The van der Waals surface area contributed by atoms with Gasteiger partial charge in [-0.15, -0.1) is 0 Å². The molecule has 0 aromatic heterocycles. The molecule has 0 radical (unpaired) electrons. The fourth-order valence-corrected chi connectivity index (χ4v) is 1.44. The summed E-state index contributed by atoms with van der Waals surface area (Å²) in [6.45, 7) is 6.52. The first-order valence-electron chi connectivity index (χ1n) is 4.55. The summed E-state index contributed by atoms with van der Waals surface area (Å²) in [6, 6.07) is 0. The van der Waals surface area contributed by atoms with E-state index in [2.05, 4.69) is 21.7 Å². The molecule has 2 N–H and O–H groups in total. The van der Waals surface area contributed by atoms with Crippen LogP contribution in [0.25, 0.3) is 0 Å². The van der Waals surface area contributed by atoms with Gasteiger partial charge in [-0.25, -0.2) is 5.90 Å². The summed E-state index contributed by atoms with van der Waals surface area (Å²) < 4.78 is 0. The van der Waals surface area contributed by atoms with Crippen LogP contribution in [0.2, 0.25) is 0 Å². The molecule has 12 heavy (non-hydrogen) atoms. The Morgan fingerprint density at radius 3 is 2.50 bits per heavy atom. The molecule has 0 aromatic rings. The van der Waals surface area contributed by atoms with Gasteiger partial charge in [0.1, 0.15) is 0 Å². The maximum absolute atomic E-state index is 4.94. The molecule has 0 unspecified atom stereocenters. The van der Waals surface area contributed by atoms with E-state index in [9.17, 15) is 0 Å². The van der Waals surface area contributed by atoms with Crippen molar-refractivity contribution in [3.8, 4) is 0 Å². The maximum Gasteiger partial charge on any atom is 0.0691 e. The van der Waals surface area contributed by atoms with Gasteiger partial charge in [0.25, 0.3) is 0 Å². The van der Waals surface area contributed by atoms with E-state index in [1.807, 2.05) is 0 Å². The molecule has 1 saturated heterocycles. The number of piperazine rings is 1. The zero-order chi connectivity index (χ0) is 8.81. The Morgan fingerprint density at radius 1 is 1.25 bits per heavy atom. The van der Waals surface area contributed by atoms with Crippen molar-refractivity contribution in [3.63, 3.8) is 0 Å². The highest BCUT2D eigenvalue weighted by Gasteiger charge is 2.12. The molecule has 0 saturated carbocycles. The smallest absolute Gasteiger partial charge is 0.0691 e. The van der Waals surface area contributed by atoms with Crippen LogP contribution in [-0.2, 0) is 4.84 Å². The maximum atomic E-state index is 4.94. The fraction of sp³-hybridized carbons (Fsp3) is 1.00. The molecular formula is C8H19N3O. The summed E-state index contributed by atoms with van der Waals surface area (Å²) in [5, 5.41) is 0. The van der Waals surface area contributed by atoms with Crippen LogP contribution in [0.1, 0.15) is 6.42 Å². The SMILES string of the molecule is CN1CCN(CCCON)CC1. The second kappa shape index (κ2) is 5.48. The first-order chi connectivity index (χ1) is 5.83. The zero-order valence-corrected chi connectivity index (χ0v) is 7.83. The zero-order valence-electron chi connectivity index (χ0n) is 7.83. The van der Waals surface area contributed by atoms with Gasteiger partial charge in [0.05, 0.1) is 6.61 Å². The quantitative estimate of drug-likeness (QED) is 0.460. The molecular weight excluding hydrogens is 154 g/mol. The molecule has 1 aliphatic heterocycles. The van der Waals surface area contributed by atoms with Crippen molar-refractivity contribution < 1.29 is 4.84 Å². The van der Waals surface area contributed by atoms with Gasteiger partial charge in [-0.05, 0) is 13.5 Å². The lowest BCUT2D eigenvalue weighted by Gasteiger charge is -2.32. The average molecular weight is 173 g/mol. The minimum absolute atomic E-state index is 0.673. The van der Waals surface area contributed by atoms with Gasteiger partial charge in [0.2, 0.25) is 0 Å². The van der Waals surface area contributed by atoms with Gasteiger partial charge in [0, 0.05) is 32.7 Å². The second-order valence-corrected chi connectivity index (χ2v) is 3.37. The van der Waals surface area contributed by atoms with Gasteiger partial charge in [-0.3, -0.25) is 0 Å². The summed E-state index contributed by atoms with van der Waals surface area (Å²) in [6.07, 6.45) is 1.04. The van der Waals surface area contributed by atoms with Crippen LogP contribution in [0.3, 0.4) is 0 Å². The van der Waals surface area contributed by atoms with Crippen LogP contribution < -0.4 is 5.90 Å². The van der Waals surface area contributed by atoms with E-state index in [0.717, 1.165) is 13.0 Å². The second-order valence-electron chi connectivity index (χ2n) is 3.37. The van der Waals surface area contributed by atoms with E-state index in [1.54, 1.807) is 0 Å². The largest absolute Gasteiger partial charge is 0.305 e. The predicted octanol–water partition coefficient (Wildman–Crippen LogP) is -0.486. The Labute approximate surface area is 74.2 Å². The molecule has 4 nitrogen and oxygen atoms in total. The van der Waals surface area contributed by atoms with Crippen molar-refractivity contribution in [1.29, 1.82) is 0 Å². The Bertz CT molecular complexity index is 113. The third-order valence-electron chi connectivity index (χ3n) is 2.33. The van der Waals surface area contributed by atoms with Gasteiger partial charge in [-0.2, -0.15) is 0 Å². The number of hydrogen-bond acceptors (Lipinski definition) is 4. The Morgan fingerprint density at radius 2 is 1.92 bits per heavy atom. The third kappa shape index (κ3) is 3.49. The normalized spacial score (nSPS) is 21.5.